The molecule has 14 heavy (non-hydrogen) atoms. The minimum Gasteiger partial charge on any atom is -0.326 e. The van der Waals surface area contributed by atoms with E-state index in [0.717, 1.165) is 22.6 Å². The highest BCUT2D eigenvalue weighted by Crippen LogP contribution is 2.24. The topological polar surface area (TPSA) is 29.1 Å². The quantitative estimate of drug-likeness (QED) is 0.711. The van der Waals surface area contributed by atoms with E-state index in [4.69, 9.17) is 0 Å². The summed E-state index contributed by atoms with van der Waals surface area (Å²) in [6.45, 7) is 0. The van der Waals surface area contributed by atoms with Gasteiger partial charge >= 0.3 is 0 Å². The van der Waals surface area contributed by atoms with Crippen LogP contribution in [0.25, 0.3) is 6.08 Å². The number of rotatable bonds is 2. The van der Waals surface area contributed by atoms with Crippen LogP contribution in [0, 0.1) is 0 Å². The predicted molar refractivity (Wildman–Crippen MR) is 61.7 cm³/mol. The first-order valence-electron chi connectivity index (χ1n) is 4.50. The molecule has 0 spiro atoms. The molecule has 2 rings (SSSR count). The number of fused-ring (bicyclic) bond motifs is 1. The maximum absolute atomic E-state index is 11.1. The molecule has 0 aromatic heterocycles. The van der Waals surface area contributed by atoms with Crippen molar-refractivity contribution < 1.29 is 4.79 Å². The third-order valence-electron chi connectivity index (χ3n) is 2.17. The molecule has 1 aromatic rings. The highest BCUT2D eigenvalue weighted by molar-refractivity contribution is 7.80. The summed E-state index contributed by atoms with van der Waals surface area (Å²) in [6, 6.07) is 5.99. The Kier molecular flexibility index (Phi) is 2.59. The van der Waals surface area contributed by atoms with Crippen molar-refractivity contribution in [1.29, 1.82) is 0 Å². The number of carbonyl (C=O) groups is 1. The lowest BCUT2D eigenvalue weighted by molar-refractivity contribution is -0.115. The molecule has 3 heteroatoms. The van der Waals surface area contributed by atoms with E-state index in [1.165, 1.54) is 0 Å². The summed E-state index contributed by atoms with van der Waals surface area (Å²) < 4.78 is 0. The number of benzene rings is 1. The van der Waals surface area contributed by atoms with Crippen molar-refractivity contribution in [2.24, 2.45) is 0 Å². The van der Waals surface area contributed by atoms with Gasteiger partial charge in [-0.25, -0.2) is 0 Å². The Balaban J connectivity index is 2.28. The molecule has 1 heterocycles. The van der Waals surface area contributed by atoms with Crippen LogP contribution >= 0.6 is 12.6 Å². The molecule has 0 saturated heterocycles. The van der Waals surface area contributed by atoms with Crippen LogP contribution in [-0.2, 0) is 11.2 Å². The molecule has 1 aliphatic heterocycles. The van der Waals surface area contributed by atoms with E-state index in [1.54, 1.807) is 0 Å². The lowest BCUT2D eigenvalue weighted by Crippen LogP contribution is -2.03. The number of amides is 1. The Hall–Kier alpha value is -1.22. The van der Waals surface area contributed by atoms with Crippen molar-refractivity contribution >= 4 is 30.3 Å². The fourth-order valence-electron chi connectivity index (χ4n) is 1.52. The summed E-state index contributed by atoms with van der Waals surface area (Å²) in [6.07, 6.45) is 4.48. The third kappa shape index (κ3) is 1.82. The van der Waals surface area contributed by atoms with Gasteiger partial charge in [0.1, 0.15) is 0 Å². The molecule has 0 atom stereocenters. The second-order valence-corrected chi connectivity index (χ2v) is 3.59. The number of nitrogens with one attached hydrogen (secondary N) is 1. The first kappa shape index (κ1) is 9.34. The lowest BCUT2D eigenvalue weighted by atomic mass is 10.1. The van der Waals surface area contributed by atoms with Gasteiger partial charge in [-0.1, -0.05) is 24.3 Å². The van der Waals surface area contributed by atoms with Crippen LogP contribution in [0.1, 0.15) is 11.1 Å². The summed E-state index contributed by atoms with van der Waals surface area (Å²) in [5, 5.41) is 2.82. The Morgan fingerprint density at radius 1 is 1.50 bits per heavy atom. The fraction of sp³-hybridized carbons (Fsp3) is 0.182. The average Bonchev–Trinajstić information content (AvgIpc) is 2.54. The first-order valence-corrected chi connectivity index (χ1v) is 5.13. The fourth-order valence-corrected chi connectivity index (χ4v) is 1.63. The van der Waals surface area contributed by atoms with Gasteiger partial charge in [0.25, 0.3) is 0 Å². The predicted octanol–water partition coefficient (Wildman–Crippen LogP) is 2.12. The van der Waals surface area contributed by atoms with Gasteiger partial charge in [-0.3, -0.25) is 4.79 Å². The van der Waals surface area contributed by atoms with E-state index in [1.807, 2.05) is 30.4 Å². The number of thiol groups is 1. The van der Waals surface area contributed by atoms with E-state index < -0.39 is 0 Å². The normalized spacial score (nSPS) is 14.5. The standard InChI is InChI=1S/C11H11NOS/c13-11-7-9-4-3-8(2-1-5-14)6-10(9)12-11/h1-4,6,14H,5,7H2,(H,12,13). The van der Waals surface area contributed by atoms with Crippen molar-refractivity contribution in [2.75, 3.05) is 11.1 Å². The zero-order valence-electron chi connectivity index (χ0n) is 7.66. The molecule has 0 fully saturated rings. The molecule has 0 radical (unpaired) electrons. The van der Waals surface area contributed by atoms with Crippen molar-refractivity contribution in [3.8, 4) is 0 Å². The molecule has 0 unspecified atom stereocenters. The van der Waals surface area contributed by atoms with Gasteiger partial charge in [0.05, 0.1) is 6.42 Å². The van der Waals surface area contributed by atoms with Gasteiger partial charge in [0.15, 0.2) is 0 Å². The average molecular weight is 205 g/mol. The summed E-state index contributed by atoms with van der Waals surface area (Å²) in [4.78, 5) is 11.1. The second-order valence-electron chi connectivity index (χ2n) is 3.23. The van der Waals surface area contributed by atoms with Crippen molar-refractivity contribution in [3.63, 3.8) is 0 Å². The largest absolute Gasteiger partial charge is 0.326 e. The molecule has 0 aliphatic carbocycles. The number of hydrogen-bond acceptors (Lipinski definition) is 2. The summed E-state index contributed by atoms with van der Waals surface area (Å²) in [7, 11) is 0. The van der Waals surface area contributed by atoms with E-state index >= 15 is 0 Å². The minimum atomic E-state index is 0.0790. The van der Waals surface area contributed by atoms with Gasteiger partial charge < -0.3 is 5.32 Å². The smallest absolute Gasteiger partial charge is 0.228 e. The van der Waals surface area contributed by atoms with Crippen molar-refractivity contribution in [3.05, 3.63) is 35.4 Å². The van der Waals surface area contributed by atoms with Crippen LogP contribution in [0.2, 0.25) is 0 Å². The van der Waals surface area contributed by atoms with E-state index in [0.29, 0.717) is 6.42 Å². The molecule has 1 aromatic carbocycles. The van der Waals surface area contributed by atoms with E-state index in [-0.39, 0.29) is 5.91 Å². The molecule has 0 bridgehead atoms. The lowest BCUT2D eigenvalue weighted by Gasteiger charge is -1.99. The highest BCUT2D eigenvalue weighted by Gasteiger charge is 2.16. The molecular weight excluding hydrogens is 194 g/mol. The molecule has 0 saturated carbocycles. The Labute approximate surface area is 88.4 Å². The van der Waals surface area contributed by atoms with Gasteiger partial charge in [-0.15, -0.1) is 0 Å². The molecule has 2 nitrogen and oxygen atoms in total. The van der Waals surface area contributed by atoms with E-state index in [2.05, 4.69) is 17.9 Å². The van der Waals surface area contributed by atoms with Gasteiger partial charge in [-0.2, -0.15) is 12.6 Å². The van der Waals surface area contributed by atoms with Gasteiger partial charge in [0.2, 0.25) is 5.91 Å². The monoisotopic (exact) mass is 205 g/mol. The molecule has 1 amide bonds. The maximum atomic E-state index is 11.1. The number of carbonyl (C=O) groups excluding carboxylic acids is 1. The number of hydrogen-bond donors (Lipinski definition) is 2. The van der Waals surface area contributed by atoms with E-state index in [9.17, 15) is 4.79 Å². The van der Waals surface area contributed by atoms with Crippen LogP contribution in [0.5, 0.6) is 0 Å². The second kappa shape index (κ2) is 3.88. The Morgan fingerprint density at radius 3 is 3.14 bits per heavy atom. The van der Waals surface area contributed by atoms with Crippen molar-refractivity contribution in [2.45, 2.75) is 6.42 Å². The van der Waals surface area contributed by atoms with Crippen LogP contribution in [0.3, 0.4) is 0 Å². The van der Waals surface area contributed by atoms with Gasteiger partial charge in [-0.05, 0) is 17.2 Å². The Morgan fingerprint density at radius 2 is 2.36 bits per heavy atom. The molecule has 1 aliphatic rings. The highest BCUT2D eigenvalue weighted by atomic mass is 32.1. The van der Waals surface area contributed by atoms with Crippen molar-refractivity contribution in [1.82, 2.24) is 0 Å². The zero-order chi connectivity index (χ0) is 9.97. The Bertz CT molecular complexity index is 398. The molecular formula is C11H11NOS. The first-order chi connectivity index (χ1) is 6.79. The van der Waals surface area contributed by atoms with Crippen LogP contribution in [0.4, 0.5) is 5.69 Å². The SMILES string of the molecule is O=C1Cc2ccc(C=CCS)cc2N1. The summed E-state index contributed by atoms with van der Waals surface area (Å²) in [5.74, 6) is 0.805. The van der Waals surface area contributed by atoms with Crippen LogP contribution in [-0.4, -0.2) is 11.7 Å². The molecule has 1 N–H and O–H groups in total. The maximum Gasteiger partial charge on any atom is 0.228 e. The van der Waals surface area contributed by atoms with Gasteiger partial charge in [0, 0.05) is 11.4 Å². The minimum absolute atomic E-state index is 0.0790. The van der Waals surface area contributed by atoms with Crippen LogP contribution < -0.4 is 5.32 Å². The summed E-state index contributed by atoms with van der Waals surface area (Å²) >= 11 is 4.09. The third-order valence-corrected chi connectivity index (χ3v) is 2.39. The van der Waals surface area contributed by atoms with Crippen LogP contribution in [0.15, 0.2) is 24.3 Å². The zero-order valence-corrected chi connectivity index (χ0v) is 8.55. The molecule has 72 valence electrons. The number of anilines is 1. The summed E-state index contributed by atoms with van der Waals surface area (Å²) in [5.41, 5.74) is 3.12.